The summed E-state index contributed by atoms with van der Waals surface area (Å²) in [6.45, 7) is 1.19. The molecule has 0 bridgehead atoms. The smallest absolute Gasteiger partial charge is 0.372 e. The maximum Gasteiger partial charge on any atom is 0.412 e. The summed E-state index contributed by atoms with van der Waals surface area (Å²) in [6, 6.07) is 8.51. The molecule has 11 nitrogen and oxygen atoms in total. The van der Waals surface area contributed by atoms with Gasteiger partial charge in [0.05, 0.1) is 16.8 Å². The predicted molar refractivity (Wildman–Crippen MR) is 127 cm³/mol. The van der Waals surface area contributed by atoms with Crippen LogP contribution < -0.4 is 21.9 Å². The van der Waals surface area contributed by atoms with Gasteiger partial charge in [0.2, 0.25) is 5.95 Å². The van der Waals surface area contributed by atoms with E-state index in [1.165, 1.54) is 35.0 Å². The lowest BCUT2D eigenvalue weighted by molar-refractivity contribution is 0.0632. The Morgan fingerprint density at radius 3 is 2.47 bits per heavy atom. The number of aromatic nitrogens is 3. The monoisotopic (exact) mass is 491 g/mol. The molecular weight excluding hydrogens is 469 g/mol. The molecular formula is C24H22FN7O4. The van der Waals surface area contributed by atoms with Crippen LogP contribution in [-0.4, -0.2) is 45.7 Å². The molecule has 1 aliphatic heterocycles. The molecule has 36 heavy (non-hydrogen) atoms. The molecule has 0 saturated carbocycles. The second-order valence-corrected chi connectivity index (χ2v) is 8.27. The predicted octanol–water partition coefficient (Wildman–Crippen LogP) is 1.68. The number of anilines is 1. The number of hydrogen-bond acceptors (Lipinski definition) is 9. The van der Waals surface area contributed by atoms with Gasteiger partial charge >= 0.3 is 12.1 Å². The second kappa shape index (κ2) is 9.93. The molecule has 4 rings (SSSR count). The second-order valence-electron chi connectivity index (χ2n) is 8.27. The summed E-state index contributed by atoms with van der Waals surface area (Å²) in [5.74, 6) is -1.41. The van der Waals surface area contributed by atoms with Crippen LogP contribution in [0.1, 0.15) is 28.9 Å². The third-order valence-electron chi connectivity index (χ3n) is 5.91. The van der Waals surface area contributed by atoms with Gasteiger partial charge < -0.3 is 21.1 Å². The number of piperidine rings is 1. The number of carbonyl (C=O) groups is 2. The summed E-state index contributed by atoms with van der Waals surface area (Å²) in [4.78, 5) is 47.0. The zero-order valence-corrected chi connectivity index (χ0v) is 19.3. The van der Waals surface area contributed by atoms with Crippen LogP contribution in [0.4, 0.5) is 15.1 Å². The van der Waals surface area contributed by atoms with Crippen molar-refractivity contribution < 1.29 is 18.7 Å². The molecule has 0 spiro atoms. The minimum Gasteiger partial charge on any atom is -0.372 e. The zero-order chi connectivity index (χ0) is 26.0. The number of nitriles is 1. The SMILES string of the molecule is Cn1c(N2CCC(N)CC2)nc(-c2ccc(C#N)c(F)c2)c(-c2ccc(C(=O)OC(N)=O)nc2)c1=O. The average molecular weight is 491 g/mol. The Morgan fingerprint density at radius 2 is 1.89 bits per heavy atom. The fourth-order valence-corrected chi connectivity index (χ4v) is 4.00. The number of amides is 1. The molecule has 12 heteroatoms. The van der Waals surface area contributed by atoms with Crippen molar-refractivity contribution >= 4 is 18.0 Å². The fraction of sp³-hybridized carbons (Fsp3) is 0.250. The quantitative estimate of drug-likeness (QED) is 0.407. The third kappa shape index (κ3) is 4.77. The van der Waals surface area contributed by atoms with Gasteiger partial charge in [0.15, 0.2) is 0 Å². The van der Waals surface area contributed by atoms with Crippen molar-refractivity contribution in [2.75, 3.05) is 18.0 Å². The summed E-state index contributed by atoms with van der Waals surface area (Å²) in [5, 5.41) is 9.10. The molecule has 1 aliphatic rings. The first-order valence-corrected chi connectivity index (χ1v) is 11.0. The van der Waals surface area contributed by atoms with Crippen molar-refractivity contribution in [3.63, 3.8) is 0 Å². The first kappa shape index (κ1) is 24.5. The first-order chi connectivity index (χ1) is 17.2. The van der Waals surface area contributed by atoms with Crippen molar-refractivity contribution in [3.8, 4) is 28.5 Å². The molecule has 0 aliphatic carbocycles. The Balaban J connectivity index is 1.88. The Morgan fingerprint density at radius 1 is 1.19 bits per heavy atom. The normalized spacial score (nSPS) is 13.8. The summed E-state index contributed by atoms with van der Waals surface area (Å²) in [5.41, 5.74) is 11.0. The molecule has 1 fully saturated rings. The highest BCUT2D eigenvalue weighted by Gasteiger charge is 2.25. The van der Waals surface area contributed by atoms with E-state index in [1.54, 1.807) is 13.1 Å². The molecule has 184 valence electrons. The molecule has 1 aromatic carbocycles. The summed E-state index contributed by atoms with van der Waals surface area (Å²) in [6.07, 6.45) is 1.43. The molecule has 0 radical (unpaired) electrons. The summed E-state index contributed by atoms with van der Waals surface area (Å²) >= 11 is 0. The van der Waals surface area contributed by atoms with E-state index < -0.39 is 23.4 Å². The highest BCUT2D eigenvalue weighted by Crippen LogP contribution is 2.31. The number of primary amides is 1. The molecule has 0 atom stereocenters. The maximum atomic E-state index is 14.5. The molecule has 2 aromatic heterocycles. The van der Waals surface area contributed by atoms with Crippen LogP contribution >= 0.6 is 0 Å². The molecule has 1 amide bonds. The zero-order valence-electron chi connectivity index (χ0n) is 19.3. The van der Waals surface area contributed by atoms with Gasteiger partial charge in [-0.3, -0.25) is 9.36 Å². The van der Waals surface area contributed by atoms with E-state index in [4.69, 9.17) is 21.7 Å². The van der Waals surface area contributed by atoms with Crippen molar-refractivity contribution in [3.05, 3.63) is 64.0 Å². The van der Waals surface area contributed by atoms with Crippen LogP contribution in [-0.2, 0) is 11.8 Å². The largest absolute Gasteiger partial charge is 0.412 e. The summed E-state index contributed by atoms with van der Waals surface area (Å²) in [7, 11) is 1.58. The van der Waals surface area contributed by atoms with Crippen molar-refractivity contribution in [1.29, 1.82) is 5.26 Å². The van der Waals surface area contributed by atoms with Gasteiger partial charge in [0.25, 0.3) is 5.56 Å². The van der Waals surface area contributed by atoms with Crippen molar-refractivity contribution in [2.24, 2.45) is 18.5 Å². The van der Waals surface area contributed by atoms with Gasteiger partial charge in [-0.25, -0.2) is 23.9 Å². The van der Waals surface area contributed by atoms with Gasteiger partial charge in [-0.1, -0.05) is 12.1 Å². The van der Waals surface area contributed by atoms with Crippen LogP contribution in [0.25, 0.3) is 22.4 Å². The Bertz CT molecular complexity index is 1440. The number of esters is 1. The molecule has 3 aromatic rings. The van der Waals surface area contributed by atoms with E-state index in [-0.39, 0.29) is 34.1 Å². The highest BCUT2D eigenvalue weighted by atomic mass is 19.1. The molecule has 1 saturated heterocycles. The number of ether oxygens (including phenoxy) is 1. The van der Waals surface area contributed by atoms with Crippen LogP contribution in [0, 0.1) is 17.1 Å². The van der Waals surface area contributed by atoms with E-state index in [2.05, 4.69) is 9.72 Å². The topological polar surface area (TPSA) is 170 Å². The first-order valence-electron chi connectivity index (χ1n) is 11.0. The Hall–Kier alpha value is -4.63. The fourth-order valence-electron chi connectivity index (χ4n) is 4.00. The lowest BCUT2D eigenvalue weighted by Gasteiger charge is -2.32. The van der Waals surface area contributed by atoms with Crippen LogP contribution in [0.5, 0.6) is 0 Å². The number of benzene rings is 1. The third-order valence-corrected chi connectivity index (χ3v) is 5.91. The van der Waals surface area contributed by atoms with Gasteiger partial charge in [0, 0.05) is 43.5 Å². The van der Waals surface area contributed by atoms with Crippen LogP contribution in [0.15, 0.2) is 41.3 Å². The van der Waals surface area contributed by atoms with Crippen LogP contribution in [0.3, 0.4) is 0 Å². The minimum atomic E-state index is -1.27. The van der Waals surface area contributed by atoms with Gasteiger partial charge in [-0.2, -0.15) is 5.26 Å². The maximum absolute atomic E-state index is 14.5. The van der Waals surface area contributed by atoms with E-state index in [0.717, 1.165) is 18.9 Å². The number of hydrogen-bond donors (Lipinski definition) is 2. The minimum absolute atomic E-state index is 0.0653. The van der Waals surface area contributed by atoms with Crippen molar-refractivity contribution in [2.45, 2.75) is 18.9 Å². The number of nitrogens with two attached hydrogens (primary N) is 2. The number of nitrogens with zero attached hydrogens (tertiary/aromatic N) is 5. The van der Waals surface area contributed by atoms with Gasteiger partial charge in [-0.15, -0.1) is 0 Å². The Labute approximate surface area is 204 Å². The van der Waals surface area contributed by atoms with Gasteiger partial charge in [-0.05, 0) is 31.0 Å². The van der Waals surface area contributed by atoms with E-state index in [1.807, 2.05) is 4.90 Å². The molecule has 4 N–H and O–H groups in total. The molecule has 0 unspecified atom stereocenters. The number of halogens is 1. The highest BCUT2D eigenvalue weighted by molar-refractivity contribution is 5.95. The number of pyridine rings is 1. The standard InChI is InChI=1S/C24H22FN7O4/c1-31-21(33)19(15-4-5-18(29-12-15)22(34)36-23(28)35)20(13-2-3-14(11-26)17(25)10-13)30-24(31)32-8-6-16(27)7-9-32/h2-5,10,12,16H,6-9,27H2,1H3,(H2,28,35). The van der Waals surface area contributed by atoms with Crippen LogP contribution in [0.2, 0.25) is 0 Å². The van der Waals surface area contributed by atoms with E-state index >= 15 is 0 Å². The van der Waals surface area contributed by atoms with E-state index in [9.17, 15) is 18.8 Å². The number of carbonyl (C=O) groups excluding carboxylic acids is 2. The number of rotatable bonds is 4. The lowest BCUT2D eigenvalue weighted by atomic mass is 10.00. The van der Waals surface area contributed by atoms with Crippen molar-refractivity contribution in [1.82, 2.24) is 14.5 Å². The van der Waals surface area contributed by atoms with E-state index in [0.29, 0.717) is 24.6 Å². The van der Waals surface area contributed by atoms with Gasteiger partial charge in [0.1, 0.15) is 17.6 Å². The lowest BCUT2D eigenvalue weighted by Crippen LogP contribution is -2.42. The molecule has 3 heterocycles. The average Bonchev–Trinajstić information content (AvgIpc) is 2.86. The summed E-state index contributed by atoms with van der Waals surface area (Å²) < 4.78 is 20.2. The Kier molecular flexibility index (Phi) is 6.75.